The Morgan fingerprint density at radius 2 is 1.76 bits per heavy atom. The average molecular weight is 478 g/mol. The Labute approximate surface area is 196 Å². The maximum atomic E-state index is 12.7. The Hall–Kier alpha value is -1.96. The molecular formula is C25H30F3N3OS. The molecule has 4 nitrogen and oxygen atoms in total. The van der Waals surface area contributed by atoms with E-state index >= 15 is 0 Å². The molecule has 1 saturated carbocycles. The number of hydrogen-bond donors (Lipinski definition) is 0. The van der Waals surface area contributed by atoms with Gasteiger partial charge in [-0.25, -0.2) is 4.98 Å². The first kappa shape index (κ1) is 22.8. The molecule has 1 saturated heterocycles. The number of carbonyl (C=O) groups excluding carboxylic acids is 1. The van der Waals surface area contributed by atoms with E-state index in [1.165, 1.54) is 60.2 Å². The number of hydrogen-bond acceptors (Lipinski definition) is 4. The summed E-state index contributed by atoms with van der Waals surface area (Å²) in [5.74, 6) is 1.94. The van der Waals surface area contributed by atoms with E-state index in [1.807, 2.05) is 11.3 Å². The third-order valence-corrected chi connectivity index (χ3v) is 9.01. The number of amides is 1. The average Bonchev–Trinajstić information content (AvgIpc) is 3.10. The van der Waals surface area contributed by atoms with E-state index in [9.17, 15) is 18.0 Å². The van der Waals surface area contributed by atoms with E-state index in [0.717, 1.165) is 49.8 Å². The highest BCUT2D eigenvalue weighted by atomic mass is 32.1. The van der Waals surface area contributed by atoms with E-state index in [4.69, 9.17) is 4.98 Å². The number of likely N-dealkylation sites (tertiary alicyclic amines) is 1. The van der Waals surface area contributed by atoms with Crippen LogP contribution in [0, 0.1) is 11.8 Å². The molecule has 3 aliphatic rings. The Morgan fingerprint density at radius 1 is 1.03 bits per heavy atom. The minimum absolute atomic E-state index is 0.207. The quantitative estimate of drug-likeness (QED) is 0.488. The van der Waals surface area contributed by atoms with Crippen LogP contribution in [0.3, 0.4) is 0 Å². The van der Waals surface area contributed by atoms with Crippen molar-refractivity contribution < 1.29 is 18.0 Å². The zero-order chi connectivity index (χ0) is 23.0. The number of carbonyl (C=O) groups is 1. The summed E-state index contributed by atoms with van der Waals surface area (Å²) in [4.78, 5) is 24.4. The predicted octanol–water partition coefficient (Wildman–Crippen LogP) is 6.26. The highest BCUT2D eigenvalue weighted by Crippen LogP contribution is 2.39. The molecule has 5 rings (SSSR count). The molecule has 8 heteroatoms. The van der Waals surface area contributed by atoms with Crippen molar-refractivity contribution in [3.8, 4) is 0 Å². The molecule has 0 radical (unpaired) electrons. The van der Waals surface area contributed by atoms with Crippen LogP contribution in [0.4, 0.5) is 13.2 Å². The highest BCUT2D eigenvalue weighted by molar-refractivity contribution is 7.11. The van der Waals surface area contributed by atoms with Gasteiger partial charge in [-0.1, -0.05) is 19.3 Å². The lowest BCUT2D eigenvalue weighted by molar-refractivity contribution is -0.141. The second-order valence-corrected chi connectivity index (χ2v) is 11.0. The molecule has 2 aliphatic carbocycles. The first-order valence-corrected chi connectivity index (χ1v) is 13.0. The largest absolute Gasteiger partial charge is 0.433 e. The summed E-state index contributed by atoms with van der Waals surface area (Å²) >= 11 is 1.87. The third-order valence-electron chi connectivity index (χ3n) is 7.69. The number of aromatic nitrogens is 2. The van der Waals surface area contributed by atoms with Gasteiger partial charge in [0.2, 0.25) is 0 Å². The van der Waals surface area contributed by atoms with E-state index in [-0.39, 0.29) is 11.5 Å². The van der Waals surface area contributed by atoms with Gasteiger partial charge in [-0.15, -0.1) is 11.3 Å². The molecule has 2 fully saturated rings. The number of alkyl halides is 3. The normalized spacial score (nSPS) is 22.5. The number of aryl methyl sites for hydroxylation is 2. The van der Waals surface area contributed by atoms with Crippen LogP contribution in [0.2, 0.25) is 0 Å². The van der Waals surface area contributed by atoms with Crippen LogP contribution < -0.4 is 0 Å². The van der Waals surface area contributed by atoms with Crippen molar-refractivity contribution in [3.63, 3.8) is 0 Å². The Balaban J connectivity index is 1.15. The van der Waals surface area contributed by atoms with Crippen LogP contribution in [0.1, 0.15) is 88.9 Å². The molecule has 2 aromatic rings. The van der Waals surface area contributed by atoms with Crippen molar-refractivity contribution in [3.05, 3.63) is 45.2 Å². The lowest BCUT2D eigenvalue weighted by Gasteiger charge is -2.31. The molecule has 1 unspecified atom stereocenters. The summed E-state index contributed by atoms with van der Waals surface area (Å²) in [6.45, 7) is 1.19. The first-order chi connectivity index (χ1) is 15.9. The van der Waals surface area contributed by atoms with Gasteiger partial charge in [0.1, 0.15) is 5.69 Å². The van der Waals surface area contributed by atoms with Crippen LogP contribution in [-0.2, 0) is 19.0 Å². The molecular weight excluding hydrogens is 447 g/mol. The molecule has 3 heterocycles. The summed E-state index contributed by atoms with van der Waals surface area (Å²) in [5.41, 5.74) is 0.537. The van der Waals surface area contributed by atoms with Crippen LogP contribution in [0.25, 0.3) is 0 Å². The van der Waals surface area contributed by atoms with Crippen LogP contribution >= 0.6 is 11.3 Å². The standard InChI is InChI=1S/C25H30F3N3OS/c26-25(27,28)22-9-6-19(15-29-22)24(32)31-12-10-18(11-13-31)23-30-20-7-4-17(5-8-21(20)33-23)14-16-2-1-3-16/h6,9,15-18H,1-5,7-8,10-14H2. The van der Waals surface area contributed by atoms with Crippen LogP contribution in [0.15, 0.2) is 18.3 Å². The van der Waals surface area contributed by atoms with Crippen molar-refractivity contribution in [2.24, 2.45) is 11.8 Å². The van der Waals surface area contributed by atoms with Gasteiger partial charge in [-0.3, -0.25) is 9.78 Å². The number of fused-ring (bicyclic) bond motifs is 1. The Bertz CT molecular complexity index is 950. The molecule has 178 valence electrons. The minimum atomic E-state index is -4.50. The smallest absolute Gasteiger partial charge is 0.339 e. The molecule has 0 aromatic carbocycles. The van der Waals surface area contributed by atoms with Gasteiger partial charge < -0.3 is 4.90 Å². The minimum Gasteiger partial charge on any atom is -0.339 e. The summed E-state index contributed by atoms with van der Waals surface area (Å²) in [5, 5.41) is 1.21. The third kappa shape index (κ3) is 5.10. The van der Waals surface area contributed by atoms with E-state index in [0.29, 0.717) is 19.0 Å². The van der Waals surface area contributed by atoms with Crippen LogP contribution in [-0.4, -0.2) is 33.9 Å². The van der Waals surface area contributed by atoms with Crippen molar-refractivity contribution in [2.75, 3.05) is 13.1 Å². The first-order valence-electron chi connectivity index (χ1n) is 12.2. The monoisotopic (exact) mass is 477 g/mol. The molecule has 0 bridgehead atoms. The number of piperidine rings is 1. The molecule has 1 atom stereocenters. The fourth-order valence-electron chi connectivity index (χ4n) is 5.42. The molecule has 0 N–H and O–H groups in total. The van der Waals surface area contributed by atoms with Crippen molar-refractivity contribution in [1.29, 1.82) is 0 Å². The van der Waals surface area contributed by atoms with Crippen molar-refractivity contribution in [2.45, 2.75) is 76.3 Å². The molecule has 2 aromatic heterocycles. The van der Waals surface area contributed by atoms with Gasteiger partial charge in [0.05, 0.1) is 16.3 Å². The molecule has 1 amide bonds. The van der Waals surface area contributed by atoms with Crippen molar-refractivity contribution >= 4 is 17.2 Å². The number of rotatable bonds is 4. The van der Waals surface area contributed by atoms with Gasteiger partial charge in [-0.2, -0.15) is 13.2 Å². The number of halogens is 3. The maximum absolute atomic E-state index is 12.7. The number of thiazole rings is 1. The van der Waals surface area contributed by atoms with Gasteiger partial charge >= 0.3 is 6.18 Å². The van der Waals surface area contributed by atoms with Gasteiger partial charge in [0.25, 0.3) is 5.91 Å². The van der Waals surface area contributed by atoms with E-state index in [1.54, 1.807) is 4.90 Å². The fourth-order valence-corrected chi connectivity index (χ4v) is 6.72. The van der Waals surface area contributed by atoms with Gasteiger partial charge in [-0.05, 0) is 68.9 Å². The topological polar surface area (TPSA) is 46.1 Å². The van der Waals surface area contributed by atoms with Gasteiger partial charge in [0, 0.05) is 30.1 Å². The Kier molecular flexibility index (Phi) is 6.47. The van der Waals surface area contributed by atoms with Crippen molar-refractivity contribution in [1.82, 2.24) is 14.9 Å². The zero-order valence-electron chi connectivity index (χ0n) is 18.7. The predicted molar refractivity (Wildman–Crippen MR) is 121 cm³/mol. The zero-order valence-corrected chi connectivity index (χ0v) is 19.6. The SMILES string of the molecule is O=C(c1ccc(C(F)(F)F)nc1)N1CCC(c2nc3c(s2)CCC(CC2CCC2)CC3)CC1. The lowest BCUT2D eigenvalue weighted by Crippen LogP contribution is -2.38. The summed E-state index contributed by atoms with van der Waals surface area (Å²) in [6.07, 6.45) is 8.71. The Morgan fingerprint density at radius 3 is 2.39 bits per heavy atom. The number of pyridine rings is 1. The molecule has 1 aliphatic heterocycles. The maximum Gasteiger partial charge on any atom is 0.433 e. The summed E-state index contributed by atoms with van der Waals surface area (Å²) < 4.78 is 38.1. The second kappa shape index (κ2) is 9.35. The summed E-state index contributed by atoms with van der Waals surface area (Å²) in [6, 6.07) is 2.10. The van der Waals surface area contributed by atoms with E-state index < -0.39 is 11.9 Å². The van der Waals surface area contributed by atoms with Gasteiger partial charge in [0.15, 0.2) is 0 Å². The fraction of sp³-hybridized carbons (Fsp3) is 0.640. The van der Waals surface area contributed by atoms with E-state index in [2.05, 4.69) is 4.98 Å². The van der Waals surface area contributed by atoms with Crippen LogP contribution in [0.5, 0.6) is 0 Å². The second-order valence-electron chi connectivity index (χ2n) is 9.89. The molecule has 33 heavy (non-hydrogen) atoms. The number of nitrogens with zero attached hydrogens (tertiary/aromatic N) is 3. The summed E-state index contributed by atoms with van der Waals surface area (Å²) in [7, 11) is 0. The molecule has 0 spiro atoms. The highest BCUT2D eigenvalue weighted by Gasteiger charge is 2.33. The lowest BCUT2D eigenvalue weighted by atomic mass is 9.77.